The molecule has 0 atom stereocenters. The van der Waals surface area contributed by atoms with Crippen molar-refractivity contribution in [1.82, 2.24) is 5.32 Å². The molecule has 98 valence electrons. The summed E-state index contributed by atoms with van der Waals surface area (Å²) in [7, 11) is 0. The average Bonchev–Trinajstić information content (AvgIpc) is 2.83. The van der Waals surface area contributed by atoms with Gasteiger partial charge in [0.05, 0.1) is 4.92 Å². The summed E-state index contributed by atoms with van der Waals surface area (Å²) in [6.07, 6.45) is 0. The fraction of sp³-hybridized carbons (Fsp3) is 0.0833. The Morgan fingerprint density at radius 1 is 1.32 bits per heavy atom. The van der Waals surface area contributed by atoms with Crippen molar-refractivity contribution >= 4 is 27.5 Å². The predicted molar refractivity (Wildman–Crippen MR) is 70.7 cm³/mol. The standard InChI is InChI=1S/C12H9BrN2O4/c13-11-6-5-10(19-11)12(16)14-7-8-3-1-2-4-9(8)15(17)18/h1-6H,7H2,(H,14,16). The van der Waals surface area contributed by atoms with Crippen LogP contribution >= 0.6 is 15.9 Å². The summed E-state index contributed by atoms with van der Waals surface area (Å²) >= 11 is 3.09. The van der Waals surface area contributed by atoms with E-state index in [2.05, 4.69) is 21.2 Å². The van der Waals surface area contributed by atoms with Crippen molar-refractivity contribution in [3.05, 3.63) is 62.5 Å². The number of carbonyl (C=O) groups excluding carboxylic acids is 1. The summed E-state index contributed by atoms with van der Waals surface area (Å²) in [5.41, 5.74) is 0.412. The SMILES string of the molecule is O=C(NCc1ccccc1[N+](=O)[O-])c1ccc(Br)o1. The molecule has 0 saturated heterocycles. The van der Waals surface area contributed by atoms with Crippen LogP contribution < -0.4 is 5.32 Å². The lowest BCUT2D eigenvalue weighted by Gasteiger charge is -2.04. The first kappa shape index (κ1) is 13.3. The number of para-hydroxylation sites is 1. The first-order valence-electron chi connectivity index (χ1n) is 5.34. The van der Waals surface area contributed by atoms with Gasteiger partial charge in [0, 0.05) is 18.2 Å². The van der Waals surface area contributed by atoms with E-state index in [0.717, 1.165) is 0 Å². The molecule has 0 spiro atoms. The third-order valence-electron chi connectivity index (χ3n) is 2.42. The summed E-state index contributed by atoms with van der Waals surface area (Å²) in [6, 6.07) is 9.35. The molecule has 0 bridgehead atoms. The number of benzene rings is 1. The van der Waals surface area contributed by atoms with Crippen LogP contribution in [-0.4, -0.2) is 10.8 Å². The maximum absolute atomic E-state index is 11.7. The lowest BCUT2D eigenvalue weighted by molar-refractivity contribution is -0.385. The highest BCUT2D eigenvalue weighted by Gasteiger charge is 2.15. The highest BCUT2D eigenvalue weighted by atomic mass is 79.9. The number of rotatable bonds is 4. The third kappa shape index (κ3) is 3.19. The molecular weight excluding hydrogens is 316 g/mol. The molecule has 1 aromatic carbocycles. The Balaban J connectivity index is 2.07. The van der Waals surface area contributed by atoms with Gasteiger partial charge in [0.15, 0.2) is 10.4 Å². The van der Waals surface area contributed by atoms with Gasteiger partial charge in [0.2, 0.25) is 0 Å². The third-order valence-corrected chi connectivity index (χ3v) is 2.85. The van der Waals surface area contributed by atoms with Gasteiger partial charge in [-0.25, -0.2) is 0 Å². The van der Waals surface area contributed by atoms with Crippen molar-refractivity contribution in [3.8, 4) is 0 Å². The summed E-state index contributed by atoms with van der Waals surface area (Å²) in [4.78, 5) is 22.0. The lowest BCUT2D eigenvalue weighted by atomic mass is 10.2. The van der Waals surface area contributed by atoms with Crippen LogP contribution in [0.4, 0.5) is 5.69 Å². The molecule has 19 heavy (non-hydrogen) atoms. The van der Waals surface area contributed by atoms with E-state index < -0.39 is 10.8 Å². The van der Waals surface area contributed by atoms with Gasteiger partial charge in [-0.2, -0.15) is 0 Å². The zero-order chi connectivity index (χ0) is 13.8. The van der Waals surface area contributed by atoms with Gasteiger partial charge in [-0.1, -0.05) is 18.2 Å². The minimum absolute atomic E-state index is 0.0246. The van der Waals surface area contributed by atoms with Gasteiger partial charge < -0.3 is 9.73 Å². The van der Waals surface area contributed by atoms with E-state index in [0.29, 0.717) is 10.2 Å². The maximum Gasteiger partial charge on any atom is 0.287 e. The van der Waals surface area contributed by atoms with Crippen LogP contribution in [-0.2, 0) is 6.54 Å². The number of nitro groups is 1. The molecule has 2 aromatic rings. The number of furan rings is 1. The van der Waals surface area contributed by atoms with Crippen molar-refractivity contribution in [2.45, 2.75) is 6.54 Å². The van der Waals surface area contributed by atoms with Gasteiger partial charge >= 0.3 is 0 Å². The summed E-state index contributed by atoms with van der Waals surface area (Å²) in [5.74, 6) is -0.283. The second-order valence-electron chi connectivity index (χ2n) is 3.67. The first-order chi connectivity index (χ1) is 9.08. The number of carbonyl (C=O) groups is 1. The molecule has 2 rings (SSSR count). The molecule has 0 fully saturated rings. The van der Waals surface area contributed by atoms with Crippen LogP contribution in [0.3, 0.4) is 0 Å². The van der Waals surface area contributed by atoms with Crippen LogP contribution in [0.25, 0.3) is 0 Å². The summed E-state index contributed by atoms with van der Waals surface area (Å²) in [6.45, 7) is 0.0638. The molecule has 6 nitrogen and oxygen atoms in total. The maximum atomic E-state index is 11.7. The summed E-state index contributed by atoms with van der Waals surface area (Å²) in [5, 5.41) is 13.4. The number of hydrogen-bond acceptors (Lipinski definition) is 4. The second kappa shape index (κ2) is 5.66. The fourth-order valence-electron chi connectivity index (χ4n) is 1.54. The lowest BCUT2D eigenvalue weighted by Crippen LogP contribution is -2.22. The quantitative estimate of drug-likeness (QED) is 0.692. The molecular formula is C12H9BrN2O4. The van der Waals surface area contributed by atoms with Crippen LogP contribution in [0, 0.1) is 10.1 Å². The van der Waals surface area contributed by atoms with Crippen molar-refractivity contribution < 1.29 is 14.1 Å². The molecule has 1 heterocycles. The van der Waals surface area contributed by atoms with E-state index >= 15 is 0 Å². The average molecular weight is 325 g/mol. The van der Waals surface area contributed by atoms with E-state index in [1.54, 1.807) is 24.3 Å². The van der Waals surface area contributed by atoms with E-state index in [9.17, 15) is 14.9 Å². The van der Waals surface area contributed by atoms with Gasteiger partial charge in [0.25, 0.3) is 11.6 Å². The van der Waals surface area contributed by atoms with Gasteiger partial charge in [-0.15, -0.1) is 0 Å². The molecule has 1 amide bonds. The van der Waals surface area contributed by atoms with Gasteiger partial charge in [-0.05, 0) is 28.1 Å². The largest absolute Gasteiger partial charge is 0.444 e. The Morgan fingerprint density at radius 3 is 2.68 bits per heavy atom. The van der Waals surface area contributed by atoms with Gasteiger partial charge in [0.1, 0.15) is 0 Å². The first-order valence-corrected chi connectivity index (χ1v) is 6.13. The Bertz CT molecular complexity index is 624. The molecule has 0 aliphatic rings. The van der Waals surface area contributed by atoms with E-state index in [4.69, 9.17) is 4.42 Å². The molecule has 0 radical (unpaired) electrons. The van der Waals surface area contributed by atoms with Crippen LogP contribution in [0.5, 0.6) is 0 Å². The smallest absolute Gasteiger partial charge is 0.287 e. The zero-order valence-corrected chi connectivity index (χ0v) is 11.2. The number of amides is 1. The van der Waals surface area contributed by atoms with E-state index in [1.165, 1.54) is 12.1 Å². The number of nitrogens with one attached hydrogen (secondary N) is 1. The topological polar surface area (TPSA) is 85.4 Å². The zero-order valence-electron chi connectivity index (χ0n) is 9.63. The van der Waals surface area contributed by atoms with Gasteiger partial charge in [-0.3, -0.25) is 14.9 Å². The highest BCUT2D eigenvalue weighted by molar-refractivity contribution is 9.10. The van der Waals surface area contributed by atoms with Crippen LogP contribution in [0.1, 0.15) is 16.1 Å². The van der Waals surface area contributed by atoms with Crippen LogP contribution in [0.15, 0.2) is 45.5 Å². The van der Waals surface area contributed by atoms with E-state index in [-0.39, 0.29) is 18.0 Å². The van der Waals surface area contributed by atoms with Crippen molar-refractivity contribution in [3.63, 3.8) is 0 Å². The molecule has 1 aromatic heterocycles. The molecule has 7 heteroatoms. The predicted octanol–water partition coefficient (Wildman–Crippen LogP) is 2.88. The van der Waals surface area contributed by atoms with E-state index in [1.807, 2.05) is 0 Å². The second-order valence-corrected chi connectivity index (χ2v) is 4.45. The number of halogens is 1. The normalized spacial score (nSPS) is 10.2. The fourth-order valence-corrected chi connectivity index (χ4v) is 1.84. The molecule has 0 saturated carbocycles. The molecule has 0 aliphatic carbocycles. The van der Waals surface area contributed by atoms with Crippen LogP contribution in [0.2, 0.25) is 0 Å². The Hall–Kier alpha value is -2.15. The number of nitrogens with zero attached hydrogens (tertiary/aromatic N) is 1. The van der Waals surface area contributed by atoms with Crippen molar-refractivity contribution in [2.75, 3.05) is 0 Å². The number of nitro benzene ring substituents is 1. The minimum atomic E-state index is -0.481. The molecule has 1 N–H and O–H groups in total. The molecule has 0 unspecified atom stereocenters. The van der Waals surface area contributed by atoms with Crippen molar-refractivity contribution in [1.29, 1.82) is 0 Å². The minimum Gasteiger partial charge on any atom is -0.444 e. The number of hydrogen-bond donors (Lipinski definition) is 1. The Morgan fingerprint density at radius 2 is 2.05 bits per heavy atom. The summed E-state index contributed by atoms with van der Waals surface area (Å²) < 4.78 is 5.53. The Kier molecular flexibility index (Phi) is 3.96. The monoisotopic (exact) mass is 324 g/mol. The molecule has 0 aliphatic heterocycles. The Labute approximate surface area is 116 Å². The highest BCUT2D eigenvalue weighted by Crippen LogP contribution is 2.18. The van der Waals surface area contributed by atoms with Crippen molar-refractivity contribution in [2.24, 2.45) is 0 Å².